The average molecular weight is 704 g/mol. The van der Waals surface area contributed by atoms with E-state index in [9.17, 15) is 0 Å². The molecule has 0 radical (unpaired) electrons. The lowest BCUT2D eigenvalue weighted by Crippen LogP contribution is -1.93. The van der Waals surface area contributed by atoms with Crippen LogP contribution in [0.5, 0.6) is 0 Å². The Morgan fingerprint density at radius 3 is 1.51 bits per heavy atom. The highest BCUT2D eigenvalue weighted by atomic mass is 16.3. The molecule has 0 amide bonds. The number of benzene rings is 10. The minimum atomic E-state index is -0.405. The molecule has 11 rings (SSSR count). The third kappa shape index (κ3) is 5.01. The molecule has 1 aromatic heterocycles. The second-order valence-corrected chi connectivity index (χ2v) is 14.0. The lowest BCUT2D eigenvalue weighted by atomic mass is 9.83. The molecule has 55 heavy (non-hydrogen) atoms. The van der Waals surface area contributed by atoms with E-state index in [1.807, 2.05) is 54.6 Å². The molecule has 0 N–H and O–H groups in total. The van der Waals surface area contributed by atoms with Crippen LogP contribution in [-0.2, 0) is 0 Å². The number of hydrogen-bond acceptors (Lipinski definition) is 1. The predicted molar refractivity (Wildman–Crippen MR) is 233 cm³/mol. The van der Waals surface area contributed by atoms with Gasteiger partial charge in [0.05, 0.1) is 6.85 Å². The molecular formula is C54H34O. The monoisotopic (exact) mass is 703 g/mol. The Labute approximate surface area is 326 Å². The van der Waals surface area contributed by atoms with Crippen LogP contribution in [0.2, 0.25) is 0 Å². The number of rotatable bonds is 5. The van der Waals surface area contributed by atoms with Gasteiger partial charge in [0.1, 0.15) is 11.2 Å². The number of para-hydroxylation sites is 1. The molecule has 1 heteroatoms. The molecule has 0 saturated heterocycles. The lowest BCUT2D eigenvalue weighted by Gasteiger charge is -2.20. The molecule has 1 heterocycles. The highest BCUT2D eigenvalue weighted by Gasteiger charge is 2.21. The zero-order valence-electron chi connectivity index (χ0n) is 34.7. The molecule has 1 nitrogen and oxygen atoms in total. The summed E-state index contributed by atoms with van der Waals surface area (Å²) in [6, 6.07) is 59.3. The van der Waals surface area contributed by atoms with Crippen LogP contribution in [0.15, 0.2) is 211 Å². The van der Waals surface area contributed by atoms with E-state index in [0.29, 0.717) is 5.56 Å². The Kier molecular flexibility index (Phi) is 6.14. The third-order valence-electron chi connectivity index (χ3n) is 11.0. The zero-order chi connectivity index (χ0) is 40.6. The van der Waals surface area contributed by atoms with Gasteiger partial charge in [0, 0.05) is 16.3 Å². The van der Waals surface area contributed by atoms with Gasteiger partial charge >= 0.3 is 0 Å². The topological polar surface area (TPSA) is 13.1 Å². The Morgan fingerprint density at radius 2 is 0.818 bits per heavy atom. The van der Waals surface area contributed by atoms with E-state index in [-0.39, 0.29) is 29.7 Å². The summed E-state index contributed by atoms with van der Waals surface area (Å²) in [6.45, 7) is 0. The van der Waals surface area contributed by atoms with Crippen molar-refractivity contribution in [2.45, 2.75) is 0 Å². The van der Waals surface area contributed by atoms with Crippen LogP contribution in [0, 0.1) is 0 Å². The molecule has 0 aliphatic carbocycles. The minimum Gasteiger partial charge on any atom is -0.456 e. The van der Waals surface area contributed by atoms with Crippen molar-refractivity contribution in [2.24, 2.45) is 0 Å². The van der Waals surface area contributed by atoms with Crippen LogP contribution >= 0.6 is 0 Å². The second-order valence-electron chi connectivity index (χ2n) is 14.0. The van der Waals surface area contributed by atoms with Gasteiger partial charge < -0.3 is 4.42 Å². The number of fused-ring (bicyclic) bond motifs is 6. The van der Waals surface area contributed by atoms with Crippen molar-refractivity contribution < 1.29 is 11.3 Å². The SMILES string of the molecule is [2H]c1c([2H])c([2H])c(-c2c3ccccc3c(-c3cccc4c(-c5ccc6oc7ccccc7c6c5-c5ccc(-c6ccccc6)cc5)cccc34)c3ccccc23)c([2H])c1[2H]. The van der Waals surface area contributed by atoms with Crippen molar-refractivity contribution in [1.82, 2.24) is 0 Å². The van der Waals surface area contributed by atoms with Crippen LogP contribution in [0.1, 0.15) is 6.85 Å². The van der Waals surface area contributed by atoms with Gasteiger partial charge in [-0.3, -0.25) is 0 Å². The van der Waals surface area contributed by atoms with E-state index in [1.165, 1.54) is 5.56 Å². The molecule has 0 aliphatic heterocycles. The Morgan fingerprint density at radius 1 is 0.291 bits per heavy atom. The van der Waals surface area contributed by atoms with Crippen molar-refractivity contribution in [1.29, 1.82) is 0 Å². The molecule has 11 aromatic rings. The van der Waals surface area contributed by atoms with Crippen molar-refractivity contribution in [3.63, 3.8) is 0 Å². The summed E-state index contributed by atoms with van der Waals surface area (Å²) in [4.78, 5) is 0. The van der Waals surface area contributed by atoms with Gasteiger partial charge in [-0.25, -0.2) is 0 Å². The van der Waals surface area contributed by atoms with E-state index in [1.54, 1.807) is 0 Å². The van der Waals surface area contributed by atoms with E-state index in [0.717, 1.165) is 93.2 Å². The maximum absolute atomic E-state index is 8.99. The Balaban J connectivity index is 1.19. The zero-order valence-corrected chi connectivity index (χ0v) is 29.7. The summed E-state index contributed by atoms with van der Waals surface area (Å²) in [7, 11) is 0. The van der Waals surface area contributed by atoms with Crippen molar-refractivity contribution >= 4 is 54.3 Å². The van der Waals surface area contributed by atoms with Gasteiger partial charge in [-0.1, -0.05) is 188 Å². The van der Waals surface area contributed by atoms with Gasteiger partial charge in [0.2, 0.25) is 0 Å². The summed E-state index contributed by atoms with van der Waals surface area (Å²) >= 11 is 0. The lowest BCUT2D eigenvalue weighted by molar-refractivity contribution is 0.669. The van der Waals surface area contributed by atoms with Gasteiger partial charge in [0.25, 0.3) is 0 Å². The van der Waals surface area contributed by atoms with Crippen LogP contribution < -0.4 is 0 Å². The highest BCUT2D eigenvalue weighted by Crippen LogP contribution is 2.48. The molecule has 0 aliphatic rings. The molecule has 0 fully saturated rings. The van der Waals surface area contributed by atoms with Crippen LogP contribution in [0.3, 0.4) is 0 Å². The normalized spacial score (nSPS) is 12.9. The van der Waals surface area contributed by atoms with Crippen LogP contribution in [-0.4, -0.2) is 0 Å². The van der Waals surface area contributed by atoms with Gasteiger partial charge in [-0.2, -0.15) is 0 Å². The second kappa shape index (κ2) is 12.7. The van der Waals surface area contributed by atoms with E-state index in [2.05, 4.69) is 121 Å². The quantitative estimate of drug-likeness (QED) is 0.163. The smallest absolute Gasteiger partial charge is 0.136 e. The van der Waals surface area contributed by atoms with Crippen molar-refractivity contribution in [2.75, 3.05) is 0 Å². The summed E-state index contributed by atoms with van der Waals surface area (Å²) in [6.07, 6.45) is 0. The Hall–Kier alpha value is -7.22. The largest absolute Gasteiger partial charge is 0.456 e. The standard InChI is InChI=1S/C54H34O/c1-3-15-35(16-4-1)36-29-31-38(32-30-36)52-47(33-34-50-54(52)48-23-11-12-28-49(48)55-50)41-26-13-25-40-39(41)24-14-27-42(40)53-45-21-9-7-19-43(45)51(37-17-5-2-6-18-37)44-20-8-10-22-46(44)53/h1-34H/i2D,5D,6D,17D,18D. The van der Waals surface area contributed by atoms with Crippen molar-refractivity contribution in [3.8, 4) is 55.6 Å². The minimum absolute atomic E-state index is 0.201. The van der Waals surface area contributed by atoms with Crippen LogP contribution in [0.25, 0.3) is 110 Å². The molecule has 0 saturated carbocycles. The van der Waals surface area contributed by atoms with Gasteiger partial charge in [-0.05, 0) is 101 Å². The van der Waals surface area contributed by atoms with Gasteiger partial charge in [0.15, 0.2) is 0 Å². The molecular weight excluding hydrogens is 665 g/mol. The summed E-state index contributed by atoms with van der Waals surface area (Å²) in [5.41, 5.74) is 11.3. The summed E-state index contributed by atoms with van der Waals surface area (Å²) < 4.78 is 49.8. The molecule has 10 aromatic carbocycles. The number of furan rings is 1. The Bertz CT molecular complexity index is 3450. The molecule has 0 spiro atoms. The average Bonchev–Trinajstić information content (AvgIpc) is 3.69. The van der Waals surface area contributed by atoms with Crippen molar-refractivity contribution in [3.05, 3.63) is 206 Å². The first-order valence-corrected chi connectivity index (χ1v) is 18.5. The molecule has 0 atom stereocenters. The maximum atomic E-state index is 8.99. The molecule has 0 bridgehead atoms. The van der Waals surface area contributed by atoms with E-state index >= 15 is 0 Å². The maximum Gasteiger partial charge on any atom is 0.136 e. The third-order valence-corrected chi connectivity index (χ3v) is 11.0. The van der Waals surface area contributed by atoms with Crippen LogP contribution in [0.4, 0.5) is 0 Å². The fourth-order valence-electron chi connectivity index (χ4n) is 8.63. The fraction of sp³-hybridized carbons (Fsp3) is 0. The predicted octanol–water partition coefficient (Wildman–Crippen LogP) is 15.4. The number of hydrogen-bond donors (Lipinski definition) is 0. The first-order chi connectivity index (χ1) is 29.4. The fourth-order valence-corrected chi connectivity index (χ4v) is 8.63. The van der Waals surface area contributed by atoms with E-state index < -0.39 is 6.04 Å². The van der Waals surface area contributed by atoms with Gasteiger partial charge in [-0.15, -0.1) is 0 Å². The highest BCUT2D eigenvalue weighted by molar-refractivity contribution is 6.24. The van der Waals surface area contributed by atoms with E-state index in [4.69, 9.17) is 11.3 Å². The first kappa shape index (κ1) is 26.5. The first-order valence-electron chi connectivity index (χ1n) is 21.0. The molecule has 256 valence electrons. The summed E-state index contributed by atoms with van der Waals surface area (Å²) in [5, 5.41) is 7.80. The molecule has 0 unspecified atom stereocenters. The summed E-state index contributed by atoms with van der Waals surface area (Å²) in [5.74, 6) is 0.